The zero-order valence-corrected chi connectivity index (χ0v) is 22.8. The smallest absolute Gasteiger partial charge is 0.352 e. The van der Waals surface area contributed by atoms with Crippen LogP contribution in [0.2, 0.25) is 0 Å². The molecule has 2 atom stereocenters. The first kappa shape index (κ1) is 27.9. The van der Waals surface area contributed by atoms with Crippen LogP contribution in [0.1, 0.15) is 18.5 Å². The van der Waals surface area contributed by atoms with E-state index in [0.717, 1.165) is 37.3 Å². The van der Waals surface area contributed by atoms with E-state index in [0.29, 0.717) is 16.6 Å². The van der Waals surface area contributed by atoms with E-state index in [1.54, 1.807) is 23.2 Å². The Morgan fingerprint density at radius 2 is 2.11 bits per heavy atom. The second-order valence-corrected chi connectivity index (χ2v) is 11.8. The molecule has 204 valence electrons. The number of nitrogen functional groups attached to an aromatic ring is 1. The van der Waals surface area contributed by atoms with Gasteiger partial charge in [0.05, 0.1) is 6.54 Å². The Hall–Kier alpha value is -3.08. The number of aliphatic carboxylic acids is 1. The Bertz CT molecular complexity index is 1210. The molecule has 0 spiro atoms. The van der Waals surface area contributed by atoms with Gasteiger partial charge in [-0.25, -0.2) is 9.78 Å². The summed E-state index contributed by atoms with van der Waals surface area (Å²) < 4.78 is 0. The van der Waals surface area contributed by atoms with Crippen molar-refractivity contribution in [2.45, 2.75) is 29.5 Å². The number of thioether (sulfide) groups is 2. The number of nitrogens with two attached hydrogens (primary N) is 2. The van der Waals surface area contributed by atoms with E-state index < -0.39 is 29.2 Å². The standard InChI is InChI=1S/C22H27N7O6S3/c1-35-27-15(13-10-38-22(24)25-13)18(31)26-16-19(32)29-17(21(33)34)11(9-37-20(16)29)4-7-36-12-2-5-28(6-3-12)8-14(23)30/h4,7,10,12,16,20H,2-3,5-6,8-9H2,1H3,(H2,23,30)(H2,24,25)(H,26,31)(H,33,34)/b7-4+,27-15?/t16-,20-/m1/s1. The number of carbonyl (C=O) groups is 4. The number of thiazole rings is 1. The van der Waals surface area contributed by atoms with E-state index >= 15 is 0 Å². The number of hydrogen-bond donors (Lipinski definition) is 4. The zero-order valence-electron chi connectivity index (χ0n) is 20.4. The monoisotopic (exact) mass is 581 g/mol. The highest BCUT2D eigenvalue weighted by atomic mass is 32.2. The van der Waals surface area contributed by atoms with Crippen LogP contribution in [0.3, 0.4) is 0 Å². The summed E-state index contributed by atoms with van der Waals surface area (Å²) in [6.45, 7) is 1.81. The minimum atomic E-state index is -1.21. The Labute approximate surface area is 230 Å². The van der Waals surface area contributed by atoms with Gasteiger partial charge in [-0.3, -0.25) is 24.2 Å². The molecule has 16 heteroatoms. The van der Waals surface area contributed by atoms with E-state index in [2.05, 4.69) is 15.5 Å². The van der Waals surface area contributed by atoms with Crippen LogP contribution in [0.25, 0.3) is 0 Å². The van der Waals surface area contributed by atoms with E-state index in [1.165, 1.54) is 23.8 Å². The number of allylic oxidation sites excluding steroid dienone is 1. The number of carboxylic acids is 1. The predicted molar refractivity (Wildman–Crippen MR) is 145 cm³/mol. The first-order chi connectivity index (χ1) is 18.2. The van der Waals surface area contributed by atoms with Crippen molar-refractivity contribution in [3.8, 4) is 0 Å². The molecule has 38 heavy (non-hydrogen) atoms. The van der Waals surface area contributed by atoms with E-state index in [4.69, 9.17) is 16.3 Å². The topological polar surface area (TPSA) is 194 Å². The molecule has 1 aromatic rings. The van der Waals surface area contributed by atoms with Crippen molar-refractivity contribution in [2.24, 2.45) is 10.9 Å². The van der Waals surface area contributed by atoms with Gasteiger partial charge in [0.1, 0.15) is 29.9 Å². The molecule has 1 aromatic heterocycles. The van der Waals surface area contributed by atoms with Crippen molar-refractivity contribution in [2.75, 3.05) is 38.2 Å². The lowest BCUT2D eigenvalue weighted by atomic mass is 10.0. The highest BCUT2D eigenvalue weighted by molar-refractivity contribution is 8.02. The van der Waals surface area contributed by atoms with E-state index in [9.17, 15) is 24.3 Å². The largest absolute Gasteiger partial charge is 0.477 e. The Morgan fingerprint density at radius 1 is 1.37 bits per heavy atom. The average molecular weight is 582 g/mol. The molecule has 3 aliphatic rings. The lowest BCUT2D eigenvalue weighted by molar-refractivity contribution is -0.150. The first-order valence-corrected chi connectivity index (χ1v) is 14.4. The molecular formula is C22H27N7O6S3. The minimum absolute atomic E-state index is 0.0876. The number of anilines is 1. The lowest BCUT2D eigenvalue weighted by Gasteiger charge is -2.49. The van der Waals surface area contributed by atoms with Crippen LogP contribution in [0.5, 0.6) is 0 Å². The van der Waals surface area contributed by atoms with Gasteiger partial charge in [0.2, 0.25) is 5.91 Å². The third-order valence-electron chi connectivity index (χ3n) is 6.10. The van der Waals surface area contributed by atoms with Crippen LogP contribution >= 0.6 is 34.9 Å². The molecule has 0 bridgehead atoms. The Balaban J connectivity index is 1.39. The summed E-state index contributed by atoms with van der Waals surface area (Å²) in [5.41, 5.74) is 11.4. The lowest BCUT2D eigenvalue weighted by Crippen LogP contribution is -2.71. The molecular weight excluding hydrogens is 554 g/mol. The van der Waals surface area contributed by atoms with Crippen molar-refractivity contribution >= 4 is 69.4 Å². The number of amides is 3. The number of carboxylic acid groups (broad SMARTS) is 1. The summed E-state index contributed by atoms with van der Waals surface area (Å²) in [6, 6.07) is -0.926. The van der Waals surface area contributed by atoms with Gasteiger partial charge in [-0.15, -0.1) is 34.9 Å². The van der Waals surface area contributed by atoms with Gasteiger partial charge in [-0.2, -0.15) is 0 Å². The number of nitrogens with zero attached hydrogens (tertiary/aromatic N) is 4. The molecule has 13 nitrogen and oxygen atoms in total. The molecule has 4 rings (SSSR count). The quantitative estimate of drug-likeness (QED) is 0.165. The Kier molecular flexibility index (Phi) is 8.96. The van der Waals surface area contributed by atoms with Gasteiger partial charge in [0.15, 0.2) is 10.8 Å². The number of piperidine rings is 1. The molecule has 0 radical (unpaired) electrons. The highest BCUT2D eigenvalue weighted by Gasteiger charge is 2.54. The van der Waals surface area contributed by atoms with Crippen molar-refractivity contribution in [3.05, 3.63) is 33.8 Å². The number of rotatable bonds is 10. The number of hydrogen-bond acceptors (Lipinski definition) is 12. The van der Waals surface area contributed by atoms with Gasteiger partial charge in [0, 0.05) is 16.4 Å². The number of primary amides is 1. The van der Waals surface area contributed by atoms with Crippen LogP contribution in [0, 0.1) is 0 Å². The molecule has 2 saturated heterocycles. The normalized spacial score (nSPS) is 22.8. The second kappa shape index (κ2) is 12.2. The number of aromatic nitrogens is 1. The predicted octanol–water partition coefficient (Wildman–Crippen LogP) is 0.0110. The second-order valence-electron chi connectivity index (χ2n) is 8.61. The third kappa shape index (κ3) is 6.14. The van der Waals surface area contributed by atoms with Gasteiger partial charge in [-0.1, -0.05) is 5.16 Å². The number of nitrogens with one attached hydrogen (secondary N) is 1. The first-order valence-electron chi connectivity index (χ1n) is 11.6. The van der Waals surface area contributed by atoms with Gasteiger partial charge in [-0.05, 0) is 43.0 Å². The maximum absolute atomic E-state index is 13.0. The van der Waals surface area contributed by atoms with Crippen molar-refractivity contribution in [1.82, 2.24) is 20.1 Å². The number of likely N-dealkylation sites (tertiary alicyclic amines) is 1. The fourth-order valence-electron chi connectivity index (χ4n) is 4.33. The minimum Gasteiger partial charge on any atom is -0.477 e. The van der Waals surface area contributed by atoms with Crippen LogP contribution in [-0.4, -0.2) is 98.5 Å². The number of oxime groups is 1. The number of fused-ring (bicyclic) bond motifs is 1. The third-order valence-corrected chi connectivity index (χ3v) is 9.23. The molecule has 3 aliphatic heterocycles. The summed E-state index contributed by atoms with van der Waals surface area (Å²) in [5, 5.41) is 19.7. The molecule has 4 heterocycles. The average Bonchev–Trinajstić information content (AvgIpc) is 3.31. The number of β-lactam (4-membered cyclic amide) rings is 1. The molecule has 2 fully saturated rings. The van der Waals surface area contributed by atoms with Crippen molar-refractivity contribution in [3.63, 3.8) is 0 Å². The van der Waals surface area contributed by atoms with Crippen LogP contribution in [0.4, 0.5) is 5.13 Å². The molecule has 6 N–H and O–H groups in total. The zero-order chi connectivity index (χ0) is 27.4. The fraction of sp³-hybridized carbons (Fsp3) is 0.455. The molecule has 0 aromatic carbocycles. The SMILES string of the molecule is CON=C(C(=O)N[C@@H]1C(=O)N2C(C(=O)O)=C(/C=C/SC3CCN(CC(N)=O)CC3)CS[C@H]12)c1csc(N)n1. The van der Waals surface area contributed by atoms with E-state index in [1.807, 2.05) is 10.3 Å². The van der Waals surface area contributed by atoms with Crippen molar-refractivity contribution < 1.29 is 29.1 Å². The maximum Gasteiger partial charge on any atom is 0.352 e. The summed E-state index contributed by atoms with van der Waals surface area (Å²) in [4.78, 5) is 61.1. The summed E-state index contributed by atoms with van der Waals surface area (Å²) in [6.07, 6.45) is 3.51. The summed E-state index contributed by atoms with van der Waals surface area (Å²) >= 11 is 4.10. The molecule has 0 aliphatic carbocycles. The van der Waals surface area contributed by atoms with Crippen molar-refractivity contribution in [1.29, 1.82) is 0 Å². The van der Waals surface area contributed by atoms with E-state index in [-0.39, 0.29) is 34.7 Å². The fourth-order valence-corrected chi connectivity index (χ4v) is 7.14. The molecule has 0 saturated carbocycles. The Morgan fingerprint density at radius 3 is 2.71 bits per heavy atom. The number of carbonyl (C=O) groups excluding carboxylic acids is 3. The summed E-state index contributed by atoms with van der Waals surface area (Å²) in [5.74, 6) is -2.40. The van der Waals surface area contributed by atoms with Crippen LogP contribution < -0.4 is 16.8 Å². The van der Waals surface area contributed by atoms with Crippen LogP contribution in [-0.2, 0) is 24.0 Å². The van der Waals surface area contributed by atoms with Gasteiger partial charge < -0.3 is 26.7 Å². The van der Waals surface area contributed by atoms with Gasteiger partial charge >= 0.3 is 5.97 Å². The highest BCUT2D eigenvalue weighted by Crippen LogP contribution is 2.41. The molecule has 0 unspecified atom stereocenters. The van der Waals surface area contributed by atoms with Gasteiger partial charge in [0.25, 0.3) is 11.8 Å². The summed E-state index contributed by atoms with van der Waals surface area (Å²) in [7, 11) is 1.28. The molecule has 3 amide bonds. The van der Waals surface area contributed by atoms with Crippen LogP contribution in [0.15, 0.2) is 33.3 Å². The maximum atomic E-state index is 13.0.